The van der Waals surface area contributed by atoms with Crippen molar-refractivity contribution in [3.63, 3.8) is 0 Å². The van der Waals surface area contributed by atoms with Crippen molar-refractivity contribution in [3.8, 4) is 0 Å². The molecule has 2 aromatic carbocycles. The number of amides is 2. The zero-order valence-corrected chi connectivity index (χ0v) is 15.9. The van der Waals surface area contributed by atoms with Crippen LogP contribution in [0.2, 0.25) is 0 Å². The van der Waals surface area contributed by atoms with E-state index < -0.39 is 11.8 Å². The van der Waals surface area contributed by atoms with E-state index in [0.29, 0.717) is 12.2 Å². The highest BCUT2D eigenvalue weighted by Gasteiger charge is 2.24. The maximum atomic E-state index is 12.6. The average molecular weight is 352 g/mol. The third-order valence-corrected chi connectivity index (χ3v) is 4.31. The zero-order valence-electron chi connectivity index (χ0n) is 15.9. The molecule has 0 atom stereocenters. The van der Waals surface area contributed by atoms with Crippen LogP contribution in [-0.4, -0.2) is 22.8 Å². The molecular weight excluding hydrogens is 324 g/mol. The molecule has 0 aliphatic rings. The summed E-state index contributed by atoms with van der Waals surface area (Å²) in [4.78, 5) is 26.6. The van der Waals surface area contributed by atoms with E-state index in [1.807, 2.05) is 68.4 Å². The van der Waals surface area contributed by atoms with Crippen LogP contribution in [0, 0.1) is 0 Å². The molecule has 0 aliphatic carbocycles. The Hall–Kier alpha value is -2.62. The topological polar surface area (TPSA) is 49.4 Å². The molecule has 0 saturated carbocycles. The van der Waals surface area contributed by atoms with E-state index >= 15 is 0 Å². The summed E-state index contributed by atoms with van der Waals surface area (Å²) in [6.07, 6.45) is 3.33. The van der Waals surface area contributed by atoms with Gasteiger partial charge in [-0.1, -0.05) is 55.8 Å². The van der Waals surface area contributed by atoms with E-state index in [1.165, 1.54) is 5.56 Å². The second-order valence-corrected chi connectivity index (χ2v) is 6.77. The normalized spacial score (nSPS) is 10.6. The minimum atomic E-state index is -0.601. The zero-order chi connectivity index (χ0) is 18.9. The van der Waals surface area contributed by atoms with E-state index in [1.54, 1.807) is 4.90 Å². The third-order valence-electron chi connectivity index (χ3n) is 4.31. The van der Waals surface area contributed by atoms with Gasteiger partial charge in [0.25, 0.3) is 0 Å². The van der Waals surface area contributed by atoms with Crippen molar-refractivity contribution in [3.05, 3.63) is 65.7 Å². The molecule has 26 heavy (non-hydrogen) atoms. The molecule has 1 N–H and O–H groups in total. The number of carbonyl (C=O) groups is 2. The van der Waals surface area contributed by atoms with Crippen LogP contribution in [0.15, 0.2) is 54.6 Å². The first-order chi connectivity index (χ1) is 12.5. The van der Waals surface area contributed by atoms with Gasteiger partial charge in [0.15, 0.2) is 0 Å². The summed E-state index contributed by atoms with van der Waals surface area (Å²) in [6, 6.07) is 17.3. The van der Waals surface area contributed by atoms with Gasteiger partial charge in [0, 0.05) is 18.3 Å². The minimum absolute atomic E-state index is 0.0649. The Morgan fingerprint density at radius 1 is 0.962 bits per heavy atom. The number of carbonyl (C=O) groups excluding carboxylic acids is 2. The summed E-state index contributed by atoms with van der Waals surface area (Å²) < 4.78 is 0. The Kier molecular flexibility index (Phi) is 7.39. The summed E-state index contributed by atoms with van der Waals surface area (Å²) in [6.45, 7) is 6.41. The number of unbranched alkanes of at least 4 members (excludes halogenated alkanes) is 1. The lowest BCUT2D eigenvalue weighted by atomic mass is 10.1. The Balaban J connectivity index is 2.00. The molecule has 0 saturated heterocycles. The van der Waals surface area contributed by atoms with Crippen molar-refractivity contribution in [2.45, 2.75) is 52.6 Å². The lowest BCUT2D eigenvalue weighted by Crippen LogP contribution is -2.43. The second-order valence-electron chi connectivity index (χ2n) is 6.77. The van der Waals surface area contributed by atoms with E-state index in [-0.39, 0.29) is 6.04 Å². The molecule has 2 aromatic rings. The smallest absolute Gasteiger partial charge is 0.313 e. The van der Waals surface area contributed by atoms with Gasteiger partial charge >= 0.3 is 11.8 Å². The number of rotatable bonds is 7. The van der Waals surface area contributed by atoms with Crippen LogP contribution in [-0.2, 0) is 22.6 Å². The van der Waals surface area contributed by atoms with Crippen molar-refractivity contribution in [2.24, 2.45) is 0 Å². The van der Waals surface area contributed by atoms with Gasteiger partial charge in [-0.15, -0.1) is 0 Å². The number of hydrogen-bond acceptors (Lipinski definition) is 2. The van der Waals surface area contributed by atoms with Crippen molar-refractivity contribution >= 4 is 17.5 Å². The molecule has 0 aromatic heterocycles. The Morgan fingerprint density at radius 3 is 2.19 bits per heavy atom. The largest absolute Gasteiger partial charge is 0.328 e. The SMILES string of the molecule is CCCCc1ccc(NC(=O)C(=O)N(Cc2ccccc2)C(C)C)cc1. The molecule has 0 fully saturated rings. The standard InChI is InChI=1S/C22H28N2O2/c1-4-5-9-18-12-14-20(15-13-18)23-21(25)22(26)24(17(2)3)16-19-10-7-6-8-11-19/h6-8,10-15,17H,4-5,9,16H2,1-3H3,(H,23,25). The first kappa shape index (κ1) is 19.7. The maximum Gasteiger partial charge on any atom is 0.313 e. The van der Waals surface area contributed by atoms with Crippen LogP contribution in [0.25, 0.3) is 0 Å². The van der Waals surface area contributed by atoms with Gasteiger partial charge in [0.2, 0.25) is 0 Å². The van der Waals surface area contributed by atoms with Crippen LogP contribution < -0.4 is 5.32 Å². The van der Waals surface area contributed by atoms with Crippen LogP contribution in [0.4, 0.5) is 5.69 Å². The summed E-state index contributed by atoms with van der Waals surface area (Å²) in [5.74, 6) is -1.12. The summed E-state index contributed by atoms with van der Waals surface area (Å²) in [5, 5.41) is 2.72. The summed E-state index contributed by atoms with van der Waals surface area (Å²) in [7, 11) is 0. The van der Waals surface area contributed by atoms with Gasteiger partial charge in [-0.25, -0.2) is 0 Å². The van der Waals surface area contributed by atoms with E-state index in [2.05, 4.69) is 12.2 Å². The predicted octanol–water partition coefficient (Wildman–Crippen LogP) is 4.40. The molecule has 0 spiro atoms. The van der Waals surface area contributed by atoms with Crippen molar-refractivity contribution in [1.29, 1.82) is 0 Å². The Labute approximate surface area is 156 Å². The summed E-state index contributed by atoms with van der Waals surface area (Å²) in [5.41, 5.74) is 2.89. The van der Waals surface area contributed by atoms with Crippen molar-refractivity contribution in [1.82, 2.24) is 4.90 Å². The van der Waals surface area contributed by atoms with Gasteiger partial charge in [-0.05, 0) is 49.9 Å². The molecule has 2 rings (SSSR count). The number of nitrogens with one attached hydrogen (secondary N) is 1. The molecule has 0 bridgehead atoms. The second kappa shape index (κ2) is 9.76. The molecule has 138 valence electrons. The van der Waals surface area contributed by atoms with Gasteiger partial charge in [-0.3, -0.25) is 9.59 Å². The fourth-order valence-corrected chi connectivity index (χ4v) is 2.72. The average Bonchev–Trinajstić information content (AvgIpc) is 2.65. The lowest BCUT2D eigenvalue weighted by Gasteiger charge is -2.26. The third kappa shape index (κ3) is 5.73. The monoisotopic (exact) mass is 352 g/mol. The highest BCUT2D eigenvalue weighted by Crippen LogP contribution is 2.13. The highest BCUT2D eigenvalue weighted by atomic mass is 16.2. The molecule has 0 unspecified atom stereocenters. The van der Waals surface area contributed by atoms with Gasteiger partial charge < -0.3 is 10.2 Å². The van der Waals surface area contributed by atoms with Crippen molar-refractivity contribution < 1.29 is 9.59 Å². The fraction of sp³-hybridized carbons (Fsp3) is 0.364. The summed E-state index contributed by atoms with van der Waals surface area (Å²) >= 11 is 0. The maximum absolute atomic E-state index is 12.6. The Bertz CT molecular complexity index is 709. The predicted molar refractivity (Wildman–Crippen MR) is 106 cm³/mol. The first-order valence-electron chi connectivity index (χ1n) is 9.26. The number of nitrogens with zero attached hydrogens (tertiary/aromatic N) is 1. The number of hydrogen-bond donors (Lipinski definition) is 1. The van der Waals surface area contributed by atoms with Gasteiger partial charge in [-0.2, -0.15) is 0 Å². The number of benzene rings is 2. The molecule has 4 heteroatoms. The van der Waals surface area contributed by atoms with Crippen LogP contribution in [0.3, 0.4) is 0 Å². The molecular formula is C22H28N2O2. The molecule has 0 heterocycles. The molecule has 4 nitrogen and oxygen atoms in total. The quantitative estimate of drug-likeness (QED) is 0.751. The molecule has 0 aliphatic heterocycles. The van der Waals surface area contributed by atoms with Gasteiger partial charge in [0.05, 0.1) is 0 Å². The molecule has 2 amide bonds. The lowest BCUT2D eigenvalue weighted by molar-refractivity contribution is -0.144. The minimum Gasteiger partial charge on any atom is -0.328 e. The number of aryl methyl sites for hydroxylation is 1. The fourth-order valence-electron chi connectivity index (χ4n) is 2.72. The van der Waals surface area contributed by atoms with Crippen LogP contribution in [0.1, 0.15) is 44.7 Å². The van der Waals surface area contributed by atoms with E-state index in [0.717, 1.165) is 24.8 Å². The van der Waals surface area contributed by atoms with E-state index in [9.17, 15) is 9.59 Å². The van der Waals surface area contributed by atoms with E-state index in [4.69, 9.17) is 0 Å². The van der Waals surface area contributed by atoms with Gasteiger partial charge in [0.1, 0.15) is 0 Å². The Morgan fingerprint density at radius 2 is 1.62 bits per heavy atom. The number of anilines is 1. The van der Waals surface area contributed by atoms with Crippen molar-refractivity contribution in [2.75, 3.05) is 5.32 Å². The van der Waals surface area contributed by atoms with Crippen LogP contribution in [0.5, 0.6) is 0 Å². The van der Waals surface area contributed by atoms with Crippen LogP contribution >= 0.6 is 0 Å². The highest BCUT2D eigenvalue weighted by molar-refractivity contribution is 6.39. The molecule has 0 radical (unpaired) electrons. The first-order valence-corrected chi connectivity index (χ1v) is 9.26.